The molecule has 3 nitrogen and oxygen atoms in total. The first-order chi connectivity index (χ1) is 9.48. The summed E-state index contributed by atoms with van der Waals surface area (Å²) in [6, 6.07) is 8.41. The highest BCUT2D eigenvalue weighted by Crippen LogP contribution is 2.20. The molecule has 4 heteroatoms. The van der Waals surface area contributed by atoms with Crippen molar-refractivity contribution in [3.05, 3.63) is 35.4 Å². The van der Waals surface area contributed by atoms with Crippen LogP contribution in [0.3, 0.4) is 0 Å². The first-order valence-corrected chi connectivity index (χ1v) is 9.28. The predicted molar refractivity (Wildman–Crippen MR) is 86.0 cm³/mol. The number of benzene rings is 1. The van der Waals surface area contributed by atoms with Crippen molar-refractivity contribution in [2.45, 2.75) is 39.5 Å². The van der Waals surface area contributed by atoms with Crippen LogP contribution in [0, 0.1) is 6.92 Å². The summed E-state index contributed by atoms with van der Waals surface area (Å²) < 4.78 is 23.7. The van der Waals surface area contributed by atoms with Gasteiger partial charge in [-0.1, -0.05) is 43.7 Å². The number of nitrogens with one attached hydrogen (secondary N) is 1. The lowest BCUT2D eigenvalue weighted by Gasteiger charge is -2.18. The fraction of sp³-hybridized carbons (Fsp3) is 0.625. The van der Waals surface area contributed by atoms with E-state index in [2.05, 4.69) is 43.4 Å². The molecule has 0 radical (unpaired) electrons. The van der Waals surface area contributed by atoms with Gasteiger partial charge in [0.25, 0.3) is 0 Å². The molecule has 0 fully saturated rings. The van der Waals surface area contributed by atoms with E-state index in [4.69, 9.17) is 0 Å². The third-order valence-corrected chi connectivity index (χ3v) is 5.37. The maximum atomic E-state index is 11.9. The normalized spacial score (nSPS) is 13.3. The Labute approximate surface area is 123 Å². The molecule has 1 aromatic carbocycles. The van der Waals surface area contributed by atoms with E-state index in [1.807, 2.05) is 6.92 Å². The molecule has 0 saturated heterocycles. The van der Waals surface area contributed by atoms with Crippen LogP contribution in [0.4, 0.5) is 0 Å². The summed E-state index contributed by atoms with van der Waals surface area (Å²) in [5, 5.41) is 3.33. The zero-order valence-corrected chi connectivity index (χ0v) is 13.7. The molecule has 0 spiro atoms. The molecule has 1 N–H and O–H groups in total. The van der Waals surface area contributed by atoms with Crippen molar-refractivity contribution in [2.24, 2.45) is 0 Å². The fourth-order valence-electron chi connectivity index (χ4n) is 2.28. The molecular formula is C16H27NO2S. The average Bonchev–Trinajstić information content (AvgIpc) is 2.40. The summed E-state index contributed by atoms with van der Waals surface area (Å²) in [4.78, 5) is 0. The minimum atomic E-state index is -2.90. The van der Waals surface area contributed by atoms with E-state index in [0.717, 1.165) is 13.1 Å². The van der Waals surface area contributed by atoms with Crippen LogP contribution < -0.4 is 5.32 Å². The van der Waals surface area contributed by atoms with Gasteiger partial charge in [-0.3, -0.25) is 0 Å². The Morgan fingerprint density at radius 2 is 1.75 bits per heavy atom. The second-order valence-corrected chi connectivity index (χ2v) is 7.66. The molecule has 0 saturated carbocycles. The molecule has 0 aliphatic heterocycles. The van der Waals surface area contributed by atoms with Crippen LogP contribution in [0.25, 0.3) is 0 Å². The maximum absolute atomic E-state index is 11.9. The number of hydrogen-bond acceptors (Lipinski definition) is 3. The van der Waals surface area contributed by atoms with Gasteiger partial charge < -0.3 is 5.32 Å². The Balaban J connectivity index is 2.72. The highest BCUT2D eigenvalue weighted by Gasteiger charge is 2.16. The van der Waals surface area contributed by atoms with Crippen LogP contribution in [0.2, 0.25) is 0 Å². The van der Waals surface area contributed by atoms with Crippen molar-refractivity contribution in [3.63, 3.8) is 0 Å². The molecule has 0 bridgehead atoms. The van der Waals surface area contributed by atoms with Gasteiger partial charge in [0.05, 0.1) is 5.75 Å². The second kappa shape index (κ2) is 8.42. The molecule has 0 aliphatic carbocycles. The number of rotatable bonds is 9. The molecule has 0 aliphatic rings. The van der Waals surface area contributed by atoms with Crippen LogP contribution in [0.1, 0.15) is 43.7 Å². The van der Waals surface area contributed by atoms with Crippen molar-refractivity contribution in [2.75, 3.05) is 24.6 Å². The van der Waals surface area contributed by atoms with Gasteiger partial charge in [0.2, 0.25) is 0 Å². The van der Waals surface area contributed by atoms with Crippen LogP contribution in [0.5, 0.6) is 0 Å². The minimum absolute atomic E-state index is 0.266. The van der Waals surface area contributed by atoms with Gasteiger partial charge in [0.1, 0.15) is 9.84 Å². The van der Waals surface area contributed by atoms with Crippen molar-refractivity contribution in [1.29, 1.82) is 0 Å². The summed E-state index contributed by atoms with van der Waals surface area (Å²) in [7, 11) is -2.90. The molecule has 20 heavy (non-hydrogen) atoms. The molecule has 0 amide bonds. The lowest BCUT2D eigenvalue weighted by molar-refractivity contribution is 0.563. The molecule has 1 atom stereocenters. The monoisotopic (exact) mass is 297 g/mol. The standard InChI is InChI=1S/C16H27NO2S/c1-4-11-20(18,19)12-10-16(13-17-5-2)15-8-6-14(3)7-9-15/h6-9,16-17H,4-5,10-13H2,1-3H3. The summed E-state index contributed by atoms with van der Waals surface area (Å²) in [5.41, 5.74) is 2.46. The SMILES string of the molecule is CCCS(=O)(=O)CCC(CNCC)c1ccc(C)cc1. The number of hydrogen-bond donors (Lipinski definition) is 1. The maximum Gasteiger partial charge on any atom is 0.150 e. The van der Waals surface area contributed by atoms with Gasteiger partial charge in [0, 0.05) is 12.3 Å². The van der Waals surface area contributed by atoms with Crippen LogP contribution in [-0.2, 0) is 9.84 Å². The van der Waals surface area contributed by atoms with E-state index in [9.17, 15) is 8.42 Å². The number of aryl methyl sites for hydroxylation is 1. The Hall–Kier alpha value is -0.870. The summed E-state index contributed by atoms with van der Waals surface area (Å²) >= 11 is 0. The van der Waals surface area contributed by atoms with Crippen LogP contribution >= 0.6 is 0 Å². The zero-order valence-electron chi connectivity index (χ0n) is 12.9. The number of sulfone groups is 1. The highest BCUT2D eigenvalue weighted by atomic mass is 32.2. The Morgan fingerprint density at radius 1 is 1.10 bits per heavy atom. The lowest BCUT2D eigenvalue weighted by atomic mass is 9.95. The molecule has 0 aromatic heterocycles. The Bertz CT molecular complexity index is 480. The first-order valence-electron chi connectivity index (χ1n) is 7.46. The molecule has 1 unspecified atom stereocenters. The first kappa shape index (κ1) is 17.2. The molecule has 114 valence electrons. The summed E-state index contributed by atoms with van der Waals surface area (Å²) in [5.74, 6) is 0.849. The van der Waals surface area contributed by atoms with Gasteiger partial charge in [0.15, 0.2) is 0 Å². The van der Waals surface area contributed by atoms with E-state index in [1.165, 1.54) is 11.1 Å². The van der Waals surface area contributed by atoms with Gasteiger partial charge >= 0.3 is 0 Å². The Morgan fingerprint density at radius 3 is 2.30 bits per heavy atom. The topological polar surface area (TPSA) is 46.2 Å². The van der Waals surface area contributed by atoms with Gasteiger partial charge in [-0.2, -0.15) is 0 Å². The van der Waals surface area contributed by atoms with E-state index < -0.39 is 9.84 Å². The largest absolute Gasteiger partial charge is 0.316 e. The van der Waals surface area contributed by atoms with Crippen molar-refractivity contribution >= 4 is 9.84 Å². The second-order valence-electron chi connectivity index (χ2n) is 5.36. The van der Waals surface area contributed by atoms with E-state index in [1.54, 1.807) is 0 Å². The van der Waals surface area contributed by atoms with Gasteiger partial charge in [-0.25, -0.2) is 8.42 Å². The third-order valence-electron chi connectivity index (χ3n) is 3.48. The minimum Gasteiger partial charge on any atom is -0.316 e. The molecule has 0 heterocycles. The zero-order chi connectivity index (χ0) is 15.0. The van der Waals surface area contributed by atoms with E-state index in [-0.39, 0.29) is 11.7 Å². The third kappa shape index (κ3) is 6.06. The van der Waals surface area contributed by atoms with Crippen LogP contribution in [0.15, 0.2) is 24.3 Å². The summed E-state index contributed by atoms with van der Waals surface area (Å²) in [6.45, 7) is 7.79. The van der Waals surface area contributed by atoms with E-state index in [0.29, 0.717) is 18.6 Å². The lowest BCUT2D eigenvalue weighted by Crippen LogP contribution is -2.23. The smallest absolute Gasteiger partial charge is 0.150 e. The van der Waals surface area contributed by atoms with E-state index >= 15 is 0 Å². The highest BCUT2D eigenvalue weighted by molar-refractivity contribution is 7.91. The van der Waals surface area contributed by atoms with Crippen molar-refractivity contribution in [3.8, 4) is 0 Å². The molecule has 1 aromatic rings. The Kier molecular flexibility index (Phi) is 7.24. The van der Waals surface area contributed by atoms with Crippen LogP contribution in [-0.4, -0.2) is 33.0 Å². The fourth-order valence-corrected chi connectivity index (χ4v) is 3.75. The number of likely N-dealkylation sites (N-methyl/N-ethyl adjacent to an activating group) is 1. The van der Waals surface area contributed by atoms with Crippen molar-refractivity contribution < 1.29 is 8.42 Å². The molecular weight excluding hydrogens is 270 g/mol. The molecule has 1 rings (SSSR count). The van der Waals surface area contributed by atoms with Crippen molar-refractivity contribution in [1.82, 2.24) is 5.32 Å². The van der Waals surface area contributed by atoms with Gasteiger partial charge in [-0.15, -0.1) is 0 Å². The van der Waals surface area contributed by atoms with Gasteiger partial charge in [-0.05, 0) is 37.8 Å². The predicted octanol–water partition coefficient (Wildman–Crippen LogP) is 2.90. The summed E-state index contributed by atoms with van der Waals surface area (Å²) in [6.07, 6.45) is 1.39. The quantitative estimate of drug-likeness (QED) is 0.762. The average molecular weight is 297 g/mol.